The molecule has 27 heavy (non-hydrogen) atoms. The van der Waals surface area contributed by atoms with Gasteiger partial charge in [0.15, 0.2) is 0 Å². The van der Waals surface area contributed by atoms with Crippen LogP contribution in [0, 0.1) is 0 Å². The van der Waals surface area contributed by atoms with Gasteiger partial charge in [-0.25, -0.2) is 4.68 Å². The van der Waals surface area contributed by atoms with Crippen molar-refractivity contribution >= 4 is 45.1 Å². The highest BCUT2D eigenvalue weighted by molar-refractivity contribution is 9.10. The van der Waals surface area contributed by atoms with Crippen molar-refractivity contribution in [2.24, 2.45) is 0 Å². The van der Waals surface area contributed by atoms with E-state index in [-0.39, 0.29) is 5.91 Å². The predicted molar refractivity (Wildman–Crippen MR) is 113 cm³/mol. The molecule has 0 aliphatic rings. The number of anilines is 1. The van der Waals surface area contributed by atoms with Crippen molar-refractivity contribution in [3.05, 3.63) is 81.6 Å². The van der Waals surface area contributed by atoms with Crippen LogP contribution >= 0.6 is 27.3 Å². The third-order valence-electron chi connectivity index (χ3n) is 3.57. The molecule has 5 nitrogen and oxygen atoms in total. The van der Waals surface area contributed by atoms with Gasteiger partial charge in [-0.05, 0) is 45.8 Å². The van der Waals surface area contributed by atoms with Crippen LogP contribution < -0.4 is 10.1 Å². The number of hydrogen-bond donors (Lipinski definition) is 1. The van der Waals surface area contributed by atoms with Crippen molar-refractivity contribution in [2.75, 3.05) is 11.9 Å². The Morgan fingerprint density at radius 1 is 1.33 bits per heavy atom. The van der Waals surface area contributed by atoms with Gasteiger partial charge in [0.05, 0.1) is 12.7 Å². The van der Waals surface area contributed by atoms with Crippen molar-refractivity contribution in [3.8, 4) is 5.75 Å². The Balaban J connectivity index is 1.58. The minimum absolute atomic E-state index is 0.212. The summed E-state index contributed by atoms with van der Waals surface area (Å²) < 4.78 is 8.24. The molecule has 0 saturated carbocycles. The number of carbonyl (C=O) groups is 1. The fourth-order valence-electron chi connectivity index (χ4n) is 2.32. The molecule has 0 bridgehead atoms. The molecule has 2 aromatic heterocycles. The maximum atomic E-state index is 12.2. The average molecular weight is 444 g/mol. The summed E-state index contributed by atoms with van der Waals surface area (Å²) in [5.41, 5.74) is 0.910. The molecule has 0 unspecified atom stereocenters. The van der Waals surface area contributed by atoms with E-state index in [0.29, 0.717) is 19.0 Å². The molecule has 0 aliphatic heterocycles. The first-order valence-corrected chi connectivity index (χ1v) is 9.89. The second kappa shape index (κ2) is 9.34. The van der Waals surface area contributed by atoms with E-state index >= 15 is 0 Å². The van der Waals surface area contributed by atoms with E-state index in [1.54, 1.807) is 40.4 Å². The first-order chi connectivity index (χ1) is 13.1. The number of benzene rings is 1. The van der Waals surface area contributed by atoms with Crippen LogP contribution in [-0.2, 0) is 11.3 Å². The molecule has 3 rings (SSSR count). The minimum atomic E-state index is -0.212. The molecule has 0 aliphatic carbocycles. The van der Waals surface area contributed by atoms with Crippen LogP contribution in [0.2, 0.25) is 0 Å². The molecule has 1 N–H and O–H groups in total. The third-order valence-corrected chi connectivity index (χ3v) is 5.25. The summed E-state index contributed by atoms with van der Waals surface area (Å²) in [6.45, 7) is 4.69. The normalized spacial score (nSPS) is 10.9. The molecule has 1 aromatic carbocycles. The largest absolute Gasteiger partial charge is 0.490 e. The molecule has 138 valence electrons. The van der Waals surface area contributed by atoms with Gasteiger partial charge in [0.2, 0.25) is 5.91 Å². The number of carbonyl (C=O) groups excluding carboxylic acids is 1. The molecule has 0 fully saturated rings. The van der Waals surface area contributed by atoms with Crippen LogP contribution in [0.4, 0.5) is 5.82 Å². The molecule has 2 heterocycles. The summed E-state index contributed by atoms with van der Waals surface area (Å²) in [6, 6.07) is 11.3. The van der Waals surface area contributed by atoms with Gasteiger partial charge in [0, 0.05) is 26.9 Å². The van der Waals surface area contributed by atoms with E-state index < -0.39 is 0 Å². The molecule has 0 saturated heterocycles. The van der Waals surface area contributed by atoms with E-state index in [1.807, 2.05) is 35.7 Å². The van der Waals surface area contributed by atoms with Crippen molar-refractivity contribution in [3.63, 3.8) is 0 Å². The molecule has 0 atom stereocenters. The summed E-state index contributed by atoms with van der Waals surface area (Å²) in [5.74, 6) is 1.21. The lowest BCUT2D eigenvalue weighted by atomic mass is 10.2. The van der Waals surface area contributed by atoms with Gasteiger partial charge in [0.1, 0.15) is 18.2 Å². The number of nitrogens with one attached hydrogen (secondary N) is 1. The Bertz CT molecular complexity index is 944. The number of rotatable bonds is 8. The highest BCUT2D eigenvalue weighted by Gasteiger charge is 2.07. The summed E-state index contributed by atoms with van der Waals surface area (Å²) in [6.07, 6.45) is 6.62. The molecule has 1 amide bonds. The highest BCUT2D eigenvalue weighted by atomic mass is 79.9. The Labute approximate surface area is 170 Å². The zero-order chi connectivity index (χ0) is 19.1. The summed E-state index contributed by atoms with van der Waals surface area (Å²) >= 11 is 5.08. The lowest BCUT2D eigenvalue weighted by Crippen LogP contribution is -2.13. The Kier molecular flexibility index (Phi) is 6.62. The number of thiophene rings is 1. The molecule has 0 spiro atoms. The maximum absolute atomic E-state index is 12.2. The highest BCUT2D eigenvalue weighted by Crippen LogP contribution is 2.21. The molecule has 3 aromatic rings. The number of ether oxygens (including phenoxy) is 1. The topological polar surface area (TPSA) is 56.1 Å². The SMILES string of the molecule is C=CCOc1ccc(/C=C/C(=O)Nc2ccnn2Cc2cc(Br)cs2)cc1. The van der Waals surface area contributed by atoms with Gasteiger partial charge in [-0.2, -0.15) is 5.10 Å². The second-order valence-electron chi connectivity index (χ2n) is 5.60. The van der Waals surface area contributed by atoms with Crippen molar-refractivity contribution in [1.29, 1.82) is 0 Å². The van der Waals surface area contributed by atoms with E-state index in [1.165, 1.54) is 6.08 Å². The van der Waals surface area contributed by atoms with Crippen LogP contribution in [0.25, 0.3) is 6.08 Å². The third kappa shape index (κ3) is 5.67. The lowest BCUT2D eigenvalue weighted by molar-refractivity contribution is -0.111. The summed E-state index contributed by atoms with van der Waals surface area (Å²) in [5, 5.41) is 9.15. The van der Waals surface area contributed by atoms with Crippen molar-refractivity contribution in [1.82, 2.24) is 9.78 Å². The van der Waals surface area contributed by atoms with Crippen molar-refractivity contribution < 1.29 is 9.53 Å². The Morgan fingerprint density at radius 2 is 2.15 bits per heavy atom. The Morgan fingerprint density at radius 3 is 2.85 bits per heavy atom. The number of hydrogen-bond acceptors (Lipinski definition) is 4. The zero-order valence-corrected chi connectivity index (χ0v) is 16.9. The van der Waals surface area contributed by atoms with Crippen LogP contribution in [-0.4, -0.2) is 22.3 Å². The predicted octanol–water partition coefficient (Wildman–Crippen LogP) is 4.97. The van der Waals surface area contributed by atoms with Crippen LogP contribution in [0.3, 0.4) is 0 Å². The molecule has 0 radical (unpaired) electrons. The summed E-state index contributed by atoms with van der Waals surface area (Å²) in [7, 11) is 0. The number of aromatic nitrogens is 2. The van der Waals surface area contributed by atoms with Crippen molar-refractivity contribution in [2.45, 2.75) is 6.54 Å². The lowest BCUT2D eigenvalue weighted by Gasteiger charge is -2.06. The number of nitrogens with zero attached hydrogens (tertiary/aromatic N) is 2. The van der Waals surface area contributed by atoms with E-state index in [2.05, 4.69) is 32.9 Å². The molecule has 7 heteroatoms. The second-order valence-corrected chi connectivity index (χ2v) is 7.51. The van der Waals surface area contributed by atoms with E-state index in [0.717, 1.165) is 20.7 Å². The van der Waals surface area contributed by atoms with Gasteiger partial charge in [0.25, 0.3) is 0 Å². The van der Waals surface area contributed by atoms with Gasteiger partial charge >= 0.3 is 0 Å². The van der Waals surface area contributed by atoms with Crippen LogP contribution in [0.5, 0.6) is 5.75 Å². The number of halogens is 1. The standard InChI is InChI=1S/C20H18BrN3O2S/c1-2-11-26-17-6-3-15(4-7-17)5-8-20(25)23-19-9-10-22-24(19)13-18-12-16(21)14-27-18/h2-10,12,14H,1,11,13H2,(H,23,25)/b8-5+. The van der Waals surface area contributed by atoms with Gasteiger partial charge in [-0.15, -0.1) is 11.3 Å². The summed E-state index contributed by atoms with van der Waals surface area (Å²) in [4.78, 5) is 13.4. The maximum Gasteiger partial charge on any atom is 0.249 e. The minimum Gasteiger partial charge on any atom is -0.490 e. The van der Waals surface area contributed by atoms with Gasteiger partial charge in [-0.1, -0.05) is 24.8 Å². The van der Waals surface area contributed by atoms with Crippen LogP contribution in [0.1, 0.15) is 10.4 Å². The zero-order valence-electron chi connectivity index (χ0n) is 14.5. The smallest absolute Gasteiger partial charge is 0.249 e. The monoisotopic (exact) mass is 443 g/mol. The fraction of sp³-hybridized carbons (Fsp3) is 0.100. The van der Waals surface area contributed by atoms with Gasteiger partial charge in [-0.3, -0.25) is 4.79 Å². The van der Waals surface area contributed by atoms with E-state index in [9.17, 15) is 4.79 Å². The first kappa shape index (κ1) is 19.1. The quantitative estimate of drug-likeness (QED) is 0.394. The number of amides is 1. The average Bonchev–Trinajstić information content (AvgIpc) is 3.28. The molecular formula is C20H18BrN3O2S. The Hall–Kier alpha value is -2.64. The van der Waals surface area contributed by atoms with E-state index in [4.69, 9.17) is 4.74 Å². The fourth-order valence-corrected chi connectivity index (χ4v) is 3.75. The first-order valence-electron chi connectivity index (χ1n) is 8.21. The van der Waals surface area contributed by atoms with Gasteiger partial charge < -0.3 is 10.1 Å². The molecular weight excluding hydrogens is 426 g/mol. The van der Waals surface area contributed by atoms with Crippen LogP contribution in [0.15, 0.2) is 71.2 Å².